The fraction of sp³-hybridized carbons (Fsp3) is 0.0870. The summed E-state index contributed by atoms with van der Waals surface area (Å²) in [6.07, 6.45) is 1.82. The van der Waals surface area contributed by atoms with E-state index in [0.717, 1.165) is 29.1 Å². The Hall–Kier alpha value is -3.63. The zero-order valence-corrected chi connectivity index (χ0v) is 19.1. The number of amides is 1. The third-order valence-electron chi connectivity index (χ3n) is 4.79. The highest BCUT2D eigenvalue weighted by molar-refractivity contribution is 7.92. The van der Waals surface area contributed by atoms with E-state index in [1.54, 1.807) is 35.6 Å². The molecule has 0 atom stereocenters. The van der Waals surface area contributed by atoms with Crippen molar-refractivity contribution in [3.63, 3.8) is 0 Å². The number of anilines is 2. The second-order valence-electron chi connectivity index (χ2n) is 7.03. The number of methoxy groups -OCH3 is 1. The van der Waals surface area contributed by atoms with Crippen molar-refractivity contribution < 1.29 is 22.3 Å². The van der Waals surface area contributed by atoms with Crippen molar-refractivity contribution in [2.45, 2.75) is 11.4 Å². The van der Waals surface area contributed by atoms with Gasteiger partial charge in [0.25, 0.3) is 15.9 Å². The minimum Gasteiger partial charge on any atom is -0.495 e. The molecule has 33 heavy (non-hydrogen) atoms. The molecule has 0 aliphatic heterocycles. The molecule has 2 aromatic heterocycles. The number of hydrogen-bond donors (Lipinski definition) is 2. The maximum Gasteiger partial charge on any atom is 0.272 e. The second kappa shape index (κ2) is 9.47. The zero-order chi connectivity index (χ0) is 23.4. The van der Waals surface area contributed by atoms with Gasteiger partial charge in [0.1, 0.15) is 17.3 Å². The summed E-state index contributed by atoms with van der Waals surface area (Å²) in [7, 11) is -2.60. The smallest absolute Gasteiger partial charge is 0.272 e. The van der Waals surface area contributed by atoms with Crippen molar-refractivity contribution in [3.8, 4) is 5.75 Å². The van der Waals surface area contributed by atoms with E-state index in [0.29, 0.717) is 17.9 Å². The zero-order valence-electron chi connectivity index (χ0n) is 17.5. The van der Waals surface area contributed by atoms with Gasteiger partial charge in [0.15, 0.2) is 0 Å². The predicted octanol–water partition coefficient (Wildman–Crippen LogP) is 4.80. The van der Waals surface area contributed by atoms with Crippen LogP contribution in [0.25, 0.3) is 0 Å². The molecule has 0 aliphatic carbocycles. The SMILES string of the molecule is COc1ccc(NC(=O)c2cccn2Cc2cccs2)cc1NS(=O)(=O)c1ccc(F)cc1. The van der Waals surface area contributed by atoms with Crippen LogP contribution in [0.4, 0.5) is 15.8 Å². The lowest BCUT2D eigenvalue weighted by atomic mass is 10.2. The van der Waals surface area contributed by atoms with E-state index in [4.69, 9.17) is 4.74 Å². The van der Waals surface area contributed by atoms with E-state index in [1.807, 2.05) is 28.3 Å². The monoisotopic (exact) mass is 485 g/mol. The van der Waals surface area contributed by atoms with Gasteiger partial charge >= 0.3 is 0 Å². The molecule has 2 aromatic carbocycles. The van der Waals surface area contributed by atoms with Crippen LogP contribution in [0.5, 0.6) is 5.75 Å². The molecule has 0 aliphatic rings. The summed E-state index contributed by atoms with van der Waals surface area (Å²) >= 11 is 1.60. The average molecular weight is 486 g/mol. The van der Waals surface area contributed by atoms with Crippen LogP contribution in [-0.4, -0.2) is 26.0 Å². The van der Waals surface area contributed by atoms with Crippen molar-refractivity contribution in [3.05, 3.63) is 94.7 Å². The van der Waals surface area contributed by atoms with E-state index in [1.165, 1.54) is 13.2 Å². The summed E-state index contributed by atoms with van der Waals surface area (Å²) < 4.78 is 48.1. The van der Waals surface area contributed by atoms with Gasteiger partial charge < -0.3 is 14.6 Å². The number of hydrogen-bond acceptors (Lipinski definition) is 5. The lowest BCUT2D eigenvalue weighted by Gasteiger charge is -2.14. The third kappa shape index (κ3) is 5.24. The van der Waals surface area contributed by atoms with E-state index in [-0.39, 0.29) is 22.2 Å². The molecule has 4 aromatic rings. The summed E-state index contributed by atoms with van der Waals surface area (Å²) in [5.74, 6) is -0.617. The number of benzene rings is 2. The van der Waals surface area contributed by atoms with Gasteiger partial charge in [0, 0.05) is 16.8 Å². The second-order valence-corrected chi connectivity index (χ2v) is 9.74. The molecule has 170 valence electrons. The molecule has 0 bridgehead atoms. The van der Waals surface area contributed by atoms with Crippen LogP contribution in [0, 0.1) is 5.82 Å². The molecule has 0 unspecified atom stereocenters. The number of ether oxygens (including phenoxy) is 1. The Morgan fingerprint density at radius 2 is 1.88 bits per heavy atom. The highest BCUT2D eigenvalue weighted by Crippen LogP contribution is 2.30. The maximum absolute atomic E-state index is 13.2. The third-order valence-corrected chi connectivity index (χ3v) is 7.04. The van der Waals surface area contributed by atoms with Crippen LogP contribution in [0.3, 0.4) is 0 Å². The fourth-order valence-corrected chi connectivity index (χ4v) is 4.97. The molecule has 2 N–H and O–H groups in total. The fourth-order valence-electron chi connectivity index (χ4n) is 3.21. The molecule has 0 radical (unpaired) electrons. The number of aromatic nitrogens is 1. The van der Waals surface area contributed by atoms with Crippen molar-refractivity contribution in [2.75, 3.05) is 17.1 Å². The van der Waals surface area contributed by atoms with Crippen LogP contribution in [0.15, 0.2) is 83.2 Å². The van der Waals surface area contributed by atoms with E-state index in [2.05, 4.69) is 10.0 Å². The van der Waals surface area contributed by atoms with Crippen LogP contribution in [-0.2, 0) is 16.6 Å². The first-order valence-corrected chi connectivity index (χ1v) is 12.2. The molecule has 10 heteroatoms. The molecular formula is C23H20FN3O4S2. The topological polar surface area (TPSA) is 89.4 Å². The lowest BCUT2D eigenvalue weighted by molar-refractivity contribution is 0.101. The molecule has 2 heterocycles. The Labute approximate surface area is 194 Å². The highest BCUT2D eigenvalue weighted by atomic mass is 32.2. The van der Waals surface area contributed by atoms with Gasteiger partial charge in [0.05, 0.1) is 24.2 Å². The van der Waals surface area contributed by atoms with E-state index < -0.39 is 15.8 Å². The minimum atomic E-state index is -4.00. The Morgan fingerprint density at radius 1 is 1.09 bits per heavy atom. The molecule has 0 spiro atoms. The largest absolute Gasteiger partial charge is 0.495 e. The van der Waals surface area contributed by atoms with Gasteiger partial charge in [0.2, 0.25) is 0 Å². The van der Waals surface area contributed by atoms with Gasteiger partial charge in [-0.05, 0) is 66.0 Å². The number of sulfonamides is 1. The molecule has 1 amide bonds. The molecular weight excluding hydrogens is 465 g/mol. The first-order valence-electron chi connectivity index (χ1n) is 9.81. The average Bonchev–Trinajstić information content (AvgIpc) is 3.46. The summed E-state index contributed by atoms with van der Waals surface area (Å²) in [5, 5.41) is 4.77. The predicted molar refractivity (Wildman–Crippen MR) is 126 cm³/mol. The molecule has 4 rings (SSSR count). The number of carbonyl (C=O) groups excluding carboxylic acids is 1. The normalized spacial score (nSPS) is 11.2. The standard InChI is InChI=1S/C23H20FN3O4S2/c1-31-22-11-8-17(14-20(22)26-33(29,30)19-9-6-16(24)7-10-19)25-23(28)21-5-2-12-27(21)15-18-4-3-13-32-18/h2-14,26H,15H2,1H3,(H,25,28). The van der Waals surface area contributed by atoms with Gasteiger partial charge in [-0.25, -0.2) is 12.8 Å². The van der Waals surface area contributed by atoms with Gasteiger partial charge in [-0.3, -0.25) is 9.52 Å². The molecule has 7 nitrogen and oxygen atoms in total. The Balaban J connectivity index is 1.55. The number of nitrogens with one attached hydrogen (secondary N) is 2. The first-order chi connectivity index (χ1) is 15.9. The quantitative estimate of drug-likeness (QED) is 0.375. The van der Waals surface area contributed by atoms with Crippen molar-refractivity contribution in [2.24, 2.45) is 0 Å². The van der Waals surface area contributed by atoms with Gasteiger partial charge in [-0.1, -0.05) is 6.07 Å². The van der Waals surface area contributed by atoms with Crippen LogP contribution < -0.4 is 14.8 Å². The summed E-state index contributed by atoms with van der Waals surface area (Å²) in [5.41, 5.74) is 0.975. The van der Waals surface area contributed by atoms with Gasteiger partial charge in [-0.2, -0.15) is 0 Å². The summed E-state index contributed by atoms with van der Waals surface area (Å²) in [6, 6.07) is 16.5. The Kier molecular flexibility index (Phi) is 6.47. The highest BCUT2D eigenvalue weighted by Gasteiger charge is 2.18. The number of nitrogens with zero attached hydrogens (tertiary/aromatic N) is 1. The molecule has 0 saturated heterocycles. The van der Waals surface area contributed by atoms with Crippen molar-refractivity contribution in [1.82, 2.24) is 4.57 Å². The van der Waals surface area contributed by atoms with Crippen molar-refractivity contribution in [1.29, 1.82) is 0 Å². The maximum atomic E-state index is 13.2. The molecule has 0 saturated carbocycles. The first kappa shape index (κ1) is 22.6. The summed E-state index contributed by atoms with van der Waals surface area (Å²) in [4.78, 5) is 13.9. The van der Waals surface area contributed by atoms with Crippen molar-refractivity contribution >= 4 is 38.6 Å². The number of thiophene rings is 1. The molecule has 0 fully saturated rings. The summed E-state index contributed by atoms with van der Waals surface area (Å²) in [6.45, 7) is 0.568. The van der Waals surface area contributed by atoms with Gasteiger partial charge in [-0.15, -0.1) is 11.3 Å². The van der Waals surface area contributed by atoms with Crippen LogP contribution >= 0.6 is 11.3 Å². The van der Waals surface area contributed by atoms with Crippen LogP contribution in [0.2, 0.25) is 0 Å². The Morgan fingerprint density at radius 3 is 2.58 bits per heavy atom. The number of rotatable bonds is 8. The Bertz CT molecular complexity index is 1370. The number of halogens is 1. The van der Waals surface area contributed by atoms with E-state index >= 15 is 0 Å². The number of carbonyl (C=O) groups is 1. The minimum absolute atomic E-state index is 0.105. The van der Waals surface area contributed by atoms with E-state index in [9.17, 15) is 17.6 Å². The van der Waals surface area contributed by atoms with Crippen LogP contribution in [0.1, 0.15) is 15.4 Å². The lowest BCUT2D eigenvalue weighted by Crippen LogP contribution is -2.18.